The second kappa shape index (κ2) is 3.42. The molecule has 1 heterocycles. The van der Waals surface area contributed by atoms with E-state index in [4.69, 9.17) is 4.89 Å². The SMILES string of the molecule is CCOOc1nccs1. The lowest BCUT2D eigenvalue weighted by Gasteiger charge is -1.94. The van der Waals surface area contributed by atoms with E-state index < -0.39 is 0 Å². The van der Waals surface area contributed by atoms with E-state index in [1.807, 2.05) is 12.3 Å². The molecular formula is C5H7NO2S. The minimum atomic E-state index is 0.541. The highest BCUT2D eigenvalue weighted by atomic mass is 32.1. The lowest BCUT2D eigenvalue weighted by molar-refractivity contribution is -0.202. The van der Waals surface area contributed by atoms with Crippen LogP contribution in [0.1, 0.15) is 6.92 Å². The first-order valence-corrected chi connectivity index (χ1v) is 3.50. The lowest BCUT2D eigenvalue weighted by atomic mass is 10.9. The molecule has 0 aliphatic rings. The van der Waals surface area contributed by atoms with Gasteiger partial charge in [0, 0.05) is 11.6 Å². The van der Waals surface area contributed by atoms with E-state index in [1.54, 1.807) is 6.20 Å². The Morgan fingerprint density at radius 1 is 1.78 bits per heavy atom. The molecule has 0 bridgehead atoms. The van der Waals surface area contributed by atoms with Crippen molar-refractivity contribution in [1.82, 2.24) is 4.98 Å². The van der Waals surface area contributed by atoms with Gasteiger partial charge in [0.1, 0.15) is 0 Å². The van der Waals surface area contributed by atoms with E-state index in [0.29, 0.717) is 11.8 Å². The minimum absolute atomic E-state index is 0.541. The van der Waals surface area contributed by atoms with Crippen LogP contribution in [-0.4, -0.2) is 11.6 Å². The standard InChI is InChI=1S/C5H7NO2S/c1-2-7-8-5-6-3-4-9-5/h3-4H,2H2,1H3. The Labute approximate surface area is 57.2 Å². The summed E-state index contributed by atoms with van der Waals surface area (Å²) < 4.78 is 0. The van der Waals surface area contributed by atoms with Gasteiger partial charge in [-0.05, 0) is 6.92 Å². The van der Waals surface area contributed by atoms with E-state index in [2.05, 4.69) is 9.87 Å². The Morgan fingerprint density at radius 3 is 3.22 bits per heavy atom. The van der Waals surface area contributed by atoms with Crippen LogP contribution in [0.5, 0.6) is 5.19 Å². The smallest absolute Gasteiger partial charge is 0.305 e. The molecule has 1 aromatic rings. The number of hydrogen-bond acceptors (Lipinski definition) is 4. The molecule has 0 fully saturated rings. The highest BCUT2D eigenvalue weighted by Gasteiger charge is 1.92. The normalized spacial score (nSPS) is 9.44. The molecule has 9 heavy (non-hydrogen) atoms. The van der Waals surface area contributed by atoms with Gasteiger partial charge >= 0.3 is 5.19 Å². The molecule has 0 unspecified atom stereocenters. The Balaban J connectivity index is 2.30. The topological polar surface area (TPSA) is 31.4 Å². The number of aromatic nitrogens is 1. The van der Waals surface area contributed by atoms with Crippen molar-refractivity contribution >= 4 is 11.3 Å². The number of thiazole rings is 1. The summed E-state index contributed by atoms with van der Waals surface area (Å²) in [5.74, 6) is 0. The number of rotatable bonds is 3. The third-order valence-corrected chi connectivity index (χ3v) is 1.29. The summed E-state index contributed by atoms with van der Waals surface area (Å²) in [7, 11) is 0. The molecule has 0 amide bonds. The van der Waals surface area contributed by atoms with E-state index in [9.17, 15) is 0 Å². The highest BCUT2D eigenvalue weighted by molar-refractivity contribution is 7.11. The molecule has 0 spiro atoms. The van der Waals surface area contributed by atoms with Crippen molar-refractivity contribution < 1.29 is 9.78 Å². The van der Waals surface area contributed by atoms with Crippen LogP contribution in [0.4, 0.5) is 0 Å². The molecule has 50 valence electrons. The van der Waals surface area contributed by atoms with Gasteiger partial charge in [0.25, 0.3) is 0 Å². The zero-order valence-electron chi connectivity index (χ0n) is 5.03. The summed E-state index contributed by atoms with van der Waals surface area (Å²) in [5.41, 5.74) is 0. The molecule has 0 atom stereocenters. The first-order valence-electron chi connectivity index (χ1n) is 2.62. The van der Waals surface area contributed by atoms with Gasteiger partial charge in [-0.1, -0.05) is 11.3 Å². The summed E-state index contributed by atoms with van der Waals surface area (Å²) in [6, 6.07) is 0. The molecule has 4 heteroatoms. The maximum absolute atomic E-state index is 4.70. The number of nitrogens with zero attached hydrogens (tertiary/aromatic N) is 1. The Hall–Kier alpha value is -0.610. The van der Waals surface area contributed by atoms with Crippen LogP contribution in [-0.2, 0) is 4.89 Å². The van der Waals surface area contributed by atoms with Crippen molar-refractivity contribution in [3.05, 3.63) is 11.6 Å². The van der Waals surface area contributed by atoms with Crippen molar-refractivity contribution in [3.63, 3.8) is 0 Å². The van der Waals surface area contributed by atoms with Crippen molar-refractivity contribution in [2.75, 3.05) is 6.61 Å². The molecule has 3 nitrogen and oxygen atoms in total. The van der Waals surface area contributed by atoms with Gasteiger partial charge in [0.05, 0.1) is 6.61 Å². The summed E-state index contributed by atoms with van der Waals surface area (Å²) in [6.45, 7) is 2.40. The molecular weight excluding hydrogens is 138 g/mol. The van der Waals surface area contributed by atoms with Crippen LogP contribution < -0.4 is 4.89 Å². The fourth-order valence-electron chi connectivity index (χ4n) is 0.361. The average Bonchev–Trinajstić information content (AvgIpc) is 2.34. The molecule has 1 rings (SSSR count). The predicted molar refractivity (Wildman–Crippen MR) is 34.4 cm³/mol. The molecule has 0 aliphatic heterocycles. The van der Waals surface area contributed by atoms with Crippen LogP contribution in [0.25, 0.3) is 0 Å². The second-order valence-corrected chi connectivity index (χ2v) is 2.14. The summed E-state index contributed by atoms with van der Waals surface area (Å²) in [4.78, 5) is 13.2. The highest BCUT2D eigenvalue weighted by Crippen LogP contribution is 2.12. The van der Waals surface area contributed by atoms with Crippen LogP contribution in [0.3, 0.4) is 0 Å². The van der Waals surface area contributed by atoms with Crippen LogP contribution in [0.15, 0.2) is 11.6 Å². The van der Waals surface area contributed by atoms with Gasteiger partial charge in [-0.2, -0.15) is 4.89 Å². The van der Waals surface area contributed by atoms with Gasteiger partial charge in [-0.3, -0.25) is 0 Å². The van der Waals surface area contributed by atoms with E-state index in [1.165, 1.54) is 11.3 Å². The zero-order valence-corrected chi connectivity index (χ0v) is 5.85. The van der Waals surface area contributed by atoms with Crippen molar-refractivity contribution in [2.45, 2.75) is 6.92 Å². The quantitative estimate of drug-likeness (QED) is 0.476. The van der Waals surface area contributed by atoms with E-state index in [-0.39, 0.29) is 0 Å². The van der Waals surface area contributed by atoms with E-state index in [0.717, 1.165) is 0 Å². The third kappa shape index (κ3) is 1.99. The minimum Gasteiger partial charge on any atom is -0.305 e. The van der Waals surface area contributed by atoms with Crippen LogP contribution >= 0.6 is 11.3 Å². The Bertz CT molecular complexity index is 152. The maximum atomic E-state index is 4.70. The molecule has 0 aromatic carbocycles. The van der Waals surface area contributed by atoms with Crippen molar-refractivity contribution in [2.24, 2.45) is 0 Å². The Morgan fingerprint density at radius 2 is 2.67 bits per heavy atom. The van der Waals surface area contributed by atoms with Crippen molar-refractivity contribution in [1.29, 1.82) is 0 Å². The summed E-state index contributed by atoms with van der Waals surface area (Å²) in [5, 5.41) is 2.38. The first kappa shape index (κ1) is 6.51. The fraction of sp³-hybridized carbons (Fsp3) is 0.400. The van der Waals surface area contributed by atoms with Crippen molar-refractivity contribution in [3.8, 4) is 5.19 Å². The van der Waals surface area contributed by atoms with Gasteiger partial charge in [-0.25, -0.2) is 4.98 Å². The molecule has 0 N–H and O–H groups in total. The zero-order chi connectivity index (χ0) is 6.53. The van der Waals surface area contributed by atoms with Gasteiger partial charge in [0.2, 0.25) is 0 Å². The molecule has 0 radical (unpaired) electrons. The molecule has 0 aliphatic carbocycles. The summed E-state index contributed by atoms with van der Waals surface area (Å²) in [6.07, 6.45) is 1.67. The Kier molecular flexibility index (Phi) is 2.48. The number of hydrogen-bond donors (Lipinski definition) is 0. The molecule has 0 saturated heterocycles. The average molecular weight is 145 g/mol. The monoisotopic (exact) mass is 145 g/mol. The fourth-order valence-corrected chi connectivity index (χ4v) is 0.808. The lowest BCUT2D eigenvalue weighted by Crippen LogP contribution is -1.94. The van der Waals surface area contributed by atoms with E-state index >= 15 is 0 Å². The van der Waals surface area contributed by atoms with Crippen LogP contribution in [0, 0.1) is 0 Å². The van der Waals surface area contributed by atoms with Crippen LogP contribution in [0.2, 0.25) is 0 Å². The van der Waals surface area contributed by atoms with Gasteiger partial charge in [-0.15, -0.1) is 0 Å². The first-order chi connectivity index (χ1) is 4.43. The largest absolute Gasteiger partial charge is 0.312 e. The molecule has 1 aromatic heterocycles. The summed E-state index contributed by atoms with van der Waals surface area (Å²) >= 11 is 1.40. The van der Waals surface area contributed by atoms with Gasteiger partial charge in [0.15, 0.2) is 0 Å². The third-order valence-electron chi connectivity index (χ3n) is 0.658. The second-order valence-electron chi connectivity index (χ2n) is 1.29. The molecule has 0 saturated carbocycles. The predicted octanol–water partition coefficient (Wildman–Crippen LogP) is 1.47. The van der Waals surface area contributed by atoms with Gasteiger partial charge < -0.3 is 4.89 Å². The maximum Gasteiger partial charge on any atom is 0.312 e.